The van der Waals surface area contributed by atoms with Crippen molar-refractivity contribution in [3.05, 3.63) is 65.2 Å². The number of carbonyl (C=O) groups is 2. The van der Waals surface area contributed by atoms with E-state index >= 15 is 0 Å². The number of unbranched alkanes of at least 4 members (excludes halogenated alkanes) is 2. The number of rotatable bonds is 8. The maximum Gasteiger partial charge on any atom is 0.295 e. The molecule has 0 radical (unpaired) electrons. The predicted octanol–water partition coefficient (Wildman–Crippen LogP) is 5.33. The smallest absolute Gasteiger partial charge is 0.295 e. The van der Waals surface area contributed by atoms with Crippen molar-refractivity contribution in [1.82, 2.24) is 4.90 Å². The van der Waals surface area contributed by atoms with Crippen LogP contribution in [0.25, 0.3) is 5.76 Å². The van der Waals surface area contributed by atoms with Gasteiger partial charge in [-0.15, -0.1) is 0 Å². The first-order chi connectivity index (χ1) is 16.0. The molecule has 1 aliphatic heterocycles. The third-order valence-corrected chi connectivity index (χ3v) is 6.55. The van der Waals surface area contributed by atoms with Crippen LogP contribution in [0.15, 0.2) is 54.1 Å². The standard InChI is InChI=1S/C27H31NO5/c1-2-3-6-17-33-22-15-11-19(12-16-22)25(30)23-24(18-9-13-21(29)14-10-18)28(27(32)26(23)31)20-7-4-5-8-20/h9-16,20,24,29-30H,2-8,17H2,1H3/b25-23-. The molecule has 2 aromatic carbocycles. The summed E-state index contributed by atoms with van der Waals surface area (Å²) in [5.41, 5.74) is 1.25. The fourth-order valence-corrected chi connectivity index (χ4v) is 4.80. The van der Waals surface area contributed by atoms with Crippen LogP contribution in [0.3, 0.4) is 0 Å². The van der Waals surface area contributed by atoms with Gasteiger partial charge in [0.1, 0.15) is 17.3 Å². The van der Waals surface area contributed by atoms with Crippen LogP contribution in [0.2, 0.25) is 0 Å². The number of aliphatic hydroxyl groups is 1. The summed E-state index contributed by atoms with van der Waals surface area (Å²) in [6.07, 6.45) is 6.91. The lowest BCUT2D eigenvalue weighted by Gasteiger charge is -2.30. The average molecular weight is 450 g/mol. The van der Waals surface area contributed by atoms with E-state index in [-0.39, 0.29) is 23.1 Å². The second-order valence-corrected chi connectivity index (χ2v) is 8.82. The minimum atomic E-state index is -0.682. The van der Waals surface area contributed by atoms with Gasteiger partial charge >= 0.3 is 0 Å². The number of phenols is 1. The maximum atomic E-state index is 13.1. The highest BCUT2D eigenvalue weighted by atomic mass is 16.5. The van der Waals surface area contributed by atoms with Gasteiger partial charge in [-0.25, -0.2) is 0 Å². The number of Topliss-reactive ketones (excluding diaryl/α,β-unsaturated/α-hetero) is 1. The molecule has 1 saturated carbocycles. The normalized spacial score (nSPS) is 20.5. The van der Waals surface area contributed by atoms with Gasteiger partial charge in [0.2, 0.25) is 0 Å². The van der Waals surface area contributed by atoms with E-state index in [1.54, 1.807) is 41.3 Å². The van der Waals surface area contributed by atoms with Gasteiger partial charge in [-0.05, 0) is 61.2 Å². The minimum absolute atomic E-state index is 0.0375. The summed E-state index contributed by atoms with van der Waals surface area (Å²) in [6.45, 7) is 2.77. The van der Waals surface area contributed by atoms with E-state index in [0.717, 1.165) is 44.9 Å². The Labute approximate surface area is 194 Å². The van der Waals surface area contributed by atoms with Gasteiger partial charge in [0, 0.05) is 11.6 Å². The van der Waals surface area contributed by atoms with Crippen molar-refractivity contribution in [2.45, 2.75) is 64.0 Å². The van der Waals surface area contributed by atoms with E-state index in [2.05, 4.69) is 6.92 Å². The molecule has 6 heteroatoms. The molecule has 0 aromatic heterocycles. The number of aromatic hydroxyl groups is 1. The number of carbonyl (C=O) groups excluding carboxylic acids is 2. The molecule has 1 aliphatic carbocycles. The largest absolute Gasteiger partial charge is 0.508 e. The zero-order valence-electron chi connectivity index (χ0n) is 19.0. The minimum Gasteiger partial charge on any atom is -0.508 e. The van der Waals surface area contributed by atoms with E-state index < -0.39 is 17.7 Å². The molecular formula is C27H31NO5. The fraction of sp³-hybridized carbons (Fsp3) is 0.407. The molecule has 2 N–H and O–H groups in total. The Morgan fingerprint density at radius 1 is 1.00 bits per heavy atom. The quantitative estimate of drug-likeness (QED) is 0.246. The third-order valence-electron chi connectivity index (χ3n) is 6.55. The highest BCUT2D eigenvalue weighted by Crippen LogP contribution is 2.43. The van der Waals surface area contributed by atoms with Crippen LogP contribution < -0.4 is 4.74 Å². The molecule has 6 nitrogen and oxygen atoms in total. The molecular weight excluding hydrogens is 418 g/mol. The Kier molecular flexibility index (Phi) is 7.02. The van der Waals surface area contributed by atoms with Crippen LogP contribution in [0.4, 0.5) is 0 Å². The van der Waals surface area contributed by atoms with E-state index in [9.17, 15) is 19.8 Å². The van der Waals surface area contributed by atoms with Crippen LogP contribution in [-0.4, -0.2) is 39.5 Å². The second-order valence-electron chi connectivity index (χ2n) is 8.82. The number of benzene rings is 2. The highest BCUT2D eigenvalue weighted by Gasteiger charge is 2.49. The number of likely N-dealkylation sites (tertiary alicyclic amines) is 1. The molecule has 2 aromatic rings. The molecule has 4 rings (SSSR count). The summed E-state index contributed by atoms with van der Waals surface area (Å²) in [6, 6.07) is 12.7. The molecule has 1 unspecified atom stereocenters. The molecule has 33 heavy (non-hydrogen) atoms. The van der Waals surface area contributed by atoms with Gasteiger partial charge in [-0.3, -0.25) is 9.59 Å². The Morgan fingerprint density at radius 2 is 1.67 bits per heavy atom. The summed E-state index contributed by atoms with van der Waals surface area (Å²) in [7, 11) is 0. The topological polar surface area (TPSA) is 87.1 Å². The van der Waals surface area contributed by atoms with Gasteiger partial charge in [0.15, 0.2) is 0 Å². The van der Waals surface area contributed by atoms with Crippen LogP contribution >= 0.6 is 0 Å². The van der Waals surface area contributed by atoms with E-state index in [4.69, 9.17) is 4.74 Å². The Bertz CT molecular complexity index is 1020. The first-order valence-corrected chi connectivity index (χ1v) is 11.8. The molecule has 2 aliphatic rings. The summed E-state index contributed by atoms with van der Waals surface area (Å²) in [4.78, 5) is 27.8. The number of phenolic OH excluding ortho intramolecular Hbond substituents is 1. The van der Waals surface area contributed by atoms with Crippen molar-refractivity contribution in [1.29, 1.82) is 0 Å². The molecule has 1 amide bonds. The first-order valence-electron chi connectivity index (χ1n) is 11.8. The summed E-state index contributed by atoms with van der Waals surface area (Å²) >= 11 is 0. The molecule has 1 heterocycles. The van der Waals surface area contributed by atoms with Crippen molar-refractivity contribution in [2.75, 3.05) is 6.61 Å². The van der Waals surface area contributed by atoms with Gasteiger partial charge in [-0.2, -0.15) is 0 Å². The number of nitrogens with zero attached hydrogens (tertiary/aromatic N) is 1. The summed E-state index contributed by atoms with van der Waals surface area (Å²) in [5, 5.41) is 20.9. The predicted molar refractivity (Wildman–Crippen MR) is 126 cm³/mol. The summed E-state index contributed by atoms with van der Waals surface area (Å²) < 4.78 is 5.74. The lowest BCUT2D eigenvalue weighted by atomic mass is 9.94. The van der Waals surface area contributed by atoms with Gasteiger partial charge in [0.25, 0.3) is 11.7 Å². The van der Waals surface area contributed by atoms with E-state index in [0.29, 0.717) is 23.5 Å². The SMILES string of the molecule is CCCCCOc1ccc(/C(O)=C2/C(=O)C(=O)N(C3CCCC3)C2c2ccc(O)cc2)cc1. The molecule has 0 bridgehead atoms. The molecule has 2 fully saturated rings. The number of ether oxygens (including phenoxy) is 1. The lowest BCUT2D eigenvalue weighted by Crippen LogP contribution is -2.37. The number of aliphatic hydroxyl groups excluding tert-OH is 1. The van der Waals surface area contributed by atoms with Gasteiger partial charge in [-0.1, -0.05) is 44.7 Å². The second kappa shape index (κ2) is 10.1. The molecule has 1 saturated heterocycles. The number of hydrogen-bond acceptors (Lipinski definition) is 5. The van der Waals surface area contributed by atoms with Crippen LogP contribution in [0.1, 0.15) is 69.0 Å². The maximum absolute atomic E-state index is 13.1. The van der Waals surface area contributed by atoms with Gasteiger partial charge < -0.3 is 19.8 Å². The first kappa shape index (κ1) is 22.9. The van der Waals surface area contributed by atoms with Crippen LogP contribution in [0, 0.1) is 0 Å². The Morgan fingerprint density at radius 3 is 2.30 bits per heavy atom. The van der Waals surface area contributed by atoms with Gasteiger partial charge in [0.05, 0.1) is 18.2 Å². The van der Waals surface area contributed by atoms with Crippen molar-refractivity contribution in [2.24, 2.45) is 0 Å². The van der Waals surface area contributed by atoms with E-state index in [1.165, 1.54) is 12.1 Å². The molecule has 174 valence electrons. The number of hydrogen-bond donors (Lipinski definition) is 2. The Hall–Kier alpha value is -3.28. The highest BCUT2D eigenvalue weighted by molar-refractivity contribution is 6.46. The number of amides is 1. The van der Waals surface area contributed by atoms with Crippen molar-refractivity contribution in [3.8, 4) is 11.5 Å². The fourth-order valence-electron chi connectivity index (χ4n) is 4.80. The summed E-state index contributed by atoms with van der Waals surface area (Å²) in [5.74, 6) is -0.630. The third kappa shape index (κ3) is 4.75. The zero-order valence-corrected chi connectivity index (χ0v) is 19.0. The van der Waals surface area contributed by atoms with Crippen LogP contribution in [0.5, 0.6) is 11.5 Å². The lowest BCUT2D eigenvalue weighted by molar-refractivity contribution is -0.141. The van der Waals surface area contributed by atoms with Crippen molar-refractivity contribution < 1.29 is 24.5 Å². The monoisotopic (exact) mass is 449 g/mol. The average Bonchev–Trinajstić information content (AvgIpc) is 3.44. The Balaban J connectivity index is 1.68. The molecule has 0 spiro atoms. The van der Waals surface area contributed by atoms with Crippen LogP contribution in [-0.2, 0) is 9.59 Å². The van der Waals surface area contributed by atoms with Crippen molar-refractivity contribution >= 4 is 17.4 Å². The zero-order chi connectivity index (χ0) is 23.4. The number of ketones is 1. The molecule has 1 atom stereocenters. The van der Waals surface area contributed by atoms with Crippen molar-refractivity contribution in [3.63, 3.8) is 0 Å². The van der Waals surface area contributed by atoms with E-state index in [1.807, 2.05) is 0 Å².